The smallest absolute Gasteiger partial charge is 0.255 e. The van der Waals surface area contributed by atoms with Crippen molar-refractivity contribution < 1.29 is 4.79 Å². The van der Waals surface area contributed by atoms with E-state index in [1.165, 1.54) is 0 Å². The molecule has 0 unspecified atom stereocenters. The standard InChI is InChI=1S/C14H21N3O/c1-3-15-13-5-4-12(10-16-13)14(18)17-8-6-11(2)7-9-17/h4-5,10-11H,3,6-9H2,1-2H3,(H,15,16). The summed E-state index contributed by atoms with van der Waals surface area (Å²) in [6.45, 7) is 6.85. The molecule has 18 heavy (non-hydrogen) atoms. The fourth-order valence-electron chi connectivity index (χ4n) is 2.20. The highest BCUT2D eigenvalue weighted by atomic mass is 16.2. The van der Waals surface area contributed by atoms with Crippen LogP contribution in [-0.2, 0) is 0 Å². The van der Waals surface area contributed by atoms with Crippen molar-refractivity contribution in [1.82, 2.24) is 9.88 Å². The number of nitrogens with zero attached hydrogens (tertiary/aromatic N) is 2. The van der Waals surface area contributed by atoms with Crippen LogP contribution in [0.3, 0.4) is 0 Å². The Balaban J connectivity index is 2.00. The van der Waals surface area contributed by atoms with Crippen molar-refractivity contribution in [2.75, 3.05) is 25.0 Å². The summed E-state index contributed by atoms with van der Waals surface area (Å²) in [6, 6.07) is 3.72. The lowest BCUT2D eigenvalue weighted by atomic mass is 9.99. The Labute approximate surface area is 108 Å². The Kier molecular flexibility index (Phi) is 4.18. The molecule has 1 aliphatic heterocycles. The van der Waals surface area contributed by atoms with Crippen molar-refractivity contribution in [3.8, 4) is 0 Å². The monoisotopic (exact) mass is 247 g/mol. The van der Waals surface area contributed by atoms with E-state index in [0.717, 1.165) is 44.2 Å². The summed E-state index contributed by atoms with van der Waals surface area (Å²) >= 11 is 0. The second kappa shape index (κ2) is 5.85. The lowest BCUT2D eigenvalue weighted by molar-refractivity contribution is 0.0697. The molecule has 0 aliphatic carbocycles. The van der Waals surface area contributed by atoms with Crippen LogP contribution >= 0.6 is 0 Å². The minimum absolute atomic E-state index is 0.109. The van der Waals surface area contributed by atoms with E-state index in [0.29, 0.717) is 5.56 Å². The van der Waals surface area contributed by atoms with Crippen LogP contribution in [0, 0.1) is 5.92 Å². The number of rotatable bonds is 3. The summed E-state index contributed by atoms with van der Waals surface area (Å²) in [5.74, 6) is 1.67. The van der Waals surface area contributed by atoms with Gasteiger partial charge in [0.2, 0.25) is 0 Å². The molecule has 1 aromatic heterocycles. The lowest BCUT2D eigenvalue weighted by Gasteiger charge is -2.30. The molecule has 1 saturated heterocycles. The van der Waals surface area contributed by atoms with Crippen LogP contribution in [0.2, 0.25) is 0 Å². The van der Waals surface area contributed by atoms with E-state index in [1.54, 1.807) is 6.20 Å². The average molecular weight is 247 g/mol. The molecule has 0 radical (unpaired) electrons. The maximum absolute atomic E-state index is 12.2. The molecule has 1 aliphatic rings. The van der Waals surface area contributed by atoms with Crippen molar-refractivity contribution in [2.24, 2.45) is 5.92 Å². The summed E-state index contributed by atoms with van der Waals surface area (Å²) < 4.78 is 0. The van der Waals surface area contributed by atoms with Crippen LogP contribution in [-0.4, -0.2) is 35.4 Å². The summed E-state index contributed by atoms with van der Waals surface area (Å²) in [5.41, 5.74) is 0.686. The van der Waals surface area contributed by atoms with Crippen molar-refractivity contribution in [1.29, 1.82) is 0 Å². The molecular weight excluding hydrogens is 226 g/mol. The van der Waals surface area contributed by atoms with Crippen molar-refractivity contribution in [2.45, 2.75) is 26.7 Å². The zero-order valence-electron chi connectivity index (χ0n) is 11.1. The Bertz CT molecular complexity index is 394. The fourth-order valence-corrected chi connectivity index (χ4v) is 2.20. The normalized spacial score (nSPS) is 16.7. The largest absolute Gasteiger partial charge is 0.370 e. The van der Waals surface area contributed by atoms with E-state index in [1.807, 2.05) is 24.0 Å². The molecule has 4 heteroatoms. The Morgan fingerprint density at radius 3 is 2.72 bits per heavy atom. The van der Waals surface area contributed by atoms with Crippen LogP contribution in [0.5, 0.6) is 0 Å². The zero-order valence-corrected chi connectivity index (χ0v) is 11.1. The highest BCUT2D eigenvalue weighted by Gasteiger charge is 2.21. The molecule has 98 valence electrons. The quantitative estimate of drug-likeness (QED) is 0.892. The molecule has 1 amide bonds. The number of pyridine rings is 1. The number of carbonyl (C=O) groups is 1. The van der Waals surface area contributed by atoms with Crippen molar-refractivity contribution in [3.63, 3.8) is 0 Å². The second-order valence-electron chi connectivity index (χ2n) is 4.94. The zero-order chi connectivity index (χ0) is 13.0. The van der Waals surface area contributed by atoms with Crippen molar-refractivity contribution >= 4 is 11.7 Å². The topological polar surface area (TPSA) is 45.2 Å². The van der Waals surface area contributed by atoms with E-state index in [4.69, 9.17) is 0 Å². The van der Waals surface area contributed by atoms with Crippen LogP contribution < -0.4 is 5.32 Å². The summed E-state index contributed by atoms with van der Waals surface area (Å²) in [4.78, 5) is 18.4. The van der Waals surface area contributed by atoms with Crippen LogP contribution in [0.4, 0.5) is 5.82 Å². The van der Waals surface area contributed by atoms with E-state index in [-0.39, 0.29) is 5.91 Å². The third kappa shape index (κ3) is 3.00. The molecule has 1 N–H and O–H groups in total. The minimum Gasteiger partial charge on any atom is -0.370 e. The molecule has 0 spiro atoms. The number of hydrogen-bond donors (Lipinski definition) is 1. The fraction of sp³-hybridized carbons (Fsp3) is 0.571. The number of piperidine rings is 1. The van der Waals surface area contributed by atoms with E-state index in [9.17, 15) is 4.79 Å². The predicted octanol–water partition coefficient (Wildman–Crippen LogP) is 2.39. The first kappa shape index (κ1) is 12.9. The predicted molar refractivity (Wildman–Crippen MR) is 72.7 cm³/mol. The summed E-state index contributed by atoms with van der Waals surface area (Å²) in [5, 5.41) is 3.12. The number of anilines is 1. The molecule has 2 heterocycles. The number of likely N-dealkylation sites (tertiary alicyclic amines) is 1. The molecule has 0 aromatic carbocycles. The van der Waals surface area contributed by atoms with Gasteiger partial charge in [-0.3, -0.25) is 4.79 Å². The van der Waals surface area contributed by atoms with E-state index in [2.05, 4.69) is 17.2 Å². The second-order valence-corrected chi connectivity index (χ2v) is 4.94. The Morgan fingerprint density at radius 2 is 2.17 bits per heavy atom. The molecular formula is C14H21N3O. The molecule has 1 fully saturated rings. The van der Waals surface area contributed by atoms with Crippen molar-refractivity contribution in [3.05, 3.63) is 23.9 Å². The average Bonchev–Trinajstić information content (AvgIpc) is 2.40. The summed E-state index contributed by atoms with van der Waals surface area (Å²) in [6.07, 6.45) is 3.88. The van der Waals surface area contributed by atoms with Gasteiger partial charge in [-0.15, -0.1) is 0 Å². The molecule has 0 atom stereocenters. The van der Waals surface area contributed by atoms with Crippen LogP contribution in [0.25, 0.3) is 0 Å². The third-order valence-corrected chi connectivity index (χ3v) is 3.44. The first-order chi connectivity index (χ1) is 8.70. The highest BCUT2D eigenvalue weighted by molar-refractivity contribution is 5.94. The van der Waals surface area contributed by atoms with Gasteiger partial charge >= 0.3 is 0 Å². The molecule has 0 saturated carbocycles. The maximum Gasteiger partial charge on any atom is 0.255 e. The molecule has 2 rings (SSSR count). The number of amides is 1. The SMILES string of the molecule is CCNc1ccc(C(=O)N2CCC(C)CC2)cn1. The van der Waals surface area contributed by atoms with E-state index >= 15 is 0 Å². The lowest BCUT2D eigenvalue weighted by Crippen LogP contribution is -2.37. The number of carbonyl (C=O) groups excluding carboxylic acids is 1. The van der Waals surface area contributed by atoms with Gasteiger partial charge in [-0.25, -0.2) is 4.98 Å². The van der Waals surface area contributed by atoms with Gasteiger partial charge in [0, 0.05) is 25.8 Å². The molecule has 1 aromatic rings. The van der Waals surface area contributed by atoms with Gasteiger partial charge < -0.3 is 10.2 Å². The first-order valence-electron chi connectivity index (χ1n) is 6.70. The van der Waals surface area contributed by atoms with Gasteiger partial charge in [0.15, 0.2) is 0 Å². The minimum atomic E-state index is 0.109. The van der Waals surface area contributed by atoms with Gasteiger partial charge in [0.25, 0.3) is 5.91 Å². The van der Waals surface area contributed by atoms with Gasteiger partial charge in [-0.1, -0.05) is 6.92 Å². The van der Waals surface area contributed by atoms with Crippen LogP contribution in [0.15, 0.2) is 18.3 Å². The van der Waals surface area contributed by atoms with Gasteiger partial charge in [0.05, 0.1) is 5.56 Å². The molecule has 0 bridgehead atoms. The number of aromatic nitrogens is 1. The van der Waals surface area contributed by atoms with Gasteiger partial charge in [0.1, 0.15) is 5.82 Å². The Hall–Kier alpha value is -1.58. The Morgan fingerprint density at radius 1 is 1.44 bits per heavy atom. The first-order valence-corrected chi connectivity index (χ1v) is 6.70. The summed E-state index contributed by atoms with van der Waals surface area (Å²) in [7, 11) is 0. The maximum atomic E-state index is 12.2. The molecule has 4 nitrogen and oxygen atoms in total. The highest BCUT2D eigenvalue weighted by Crippen LogP contribution is 2.18. The van der Waals surface area contributed by atoms with Gasteiger partial charge in [-0.05, 0) is 37.8 Å². The third-order valence-electron chi connectivity index (χ3n) is 3.44. The van der Waals surface area contributed by atoms with E-state index < -0.39 is 0 Å². The van der Waals surface area contributed by atoms with Gasteiger partial charge in [-0.2, -0.15) is 0 Å². The number of hydrogen-bond acceptors (Lipinski definition) is 3. The van der Waals surface area contributed by atoms with Crippen LogP contribution in [0.1, 0.15) is 37.0 Å². The number of nitrogens with one attached hydrogen (secondary N) is 1.